The molecule has 44 heavy (non-hydrogen) atoms. The van der Waals surface area contributed by atoms with Crippen molar-refractivity contribution in [3.05, 3.63) is 113 Å². The van der Waals surface area contributed by atoms with Crippen LogP contribution in [0, 0.1) is 18.8 Å². The van der Waals surface area contributed by atoms with Crippen LogP contribution in [-0.4, -0.2) is 61.9 Å². The van der Waals surface area contributed by atoms with Crippen molar-refractivity contribution in [1.29, 1.82) is 0 Å². The number of rotatable bonds is 6. The van der Waals surface area contributed by atoms with Gasteiger partial charge in [-0.2, -0.15) is 4.36 Å². The van der Waals surface area contributed by atoms with Crippen LogP contribution in [0.3, 0.4) is 0 Å². The first-order valence-corrected chi connectivity index (χ1v) is 15.6. The second-order valence-corrected chi connectivity index (χ2v) is 12.5. The van der Waals surface area contributed by atoms with Gasteiger partial charge in [0.1, 0.15) is 5.75 Å². The van der Waals surface area contributed by atoms with Crippen molar-refractivity contribution in [1.82, 2.24) is 9.88 Å². The number of aromatic nitrogens is 1. The Morgan fingerprint density at radius 2 is 1.77 bits per heavy atom. The molecule has 2 aromatic carbocycles. The van der Waals surface area contributed by atoms with Crippen LogP contribution in [0.1, 0.15) is 50.4 Å². The average Bonchev–Trinajstić information content (AvgIpc) is 3.47. The molecule has 1 atom stereocenters. The van der Waals surface area contributed by atoms with Crippen molar-refractivity contribution in [3.8, 4) is 11.8 Å². The first kappa shape index (κ1) is 30.4. The number of nitrogens with one attached hydrogen (secondary N) is 1. The monoisotopic (exact) mass is 610 g/mol. The number of benzene rings is 2. The van der Waals surface area contributed by atoms with Gasteiger partial charge in [0, 0.05) is 52.8 Å². The molecule has 10 nitrogen and oxygen atoms in total. The summed E-state index contributed by atoms with van der Waals surface area (Å²) in [5.41, 5.74) is 2.35. The minimum absolute atomic E-state index is 0.0730. The number of piperidine rings is 1. The van der Waals surface area contributed by atoms with E-state index < -0.39 is 33.4 Å². The van der Waals surface area contributed by atoms with Crippen molar-refractivity contribution in [2.45, 2.75) is 30.8 Å². The standard InChI is InChI=1S/C33H30N4O6S/c1-23-14-17-43-31(23)33(41)35-27-7-5-6-24(19-27)10-11-25-18-26(21-34-20-25)32(40)36-44(42,29-8-3-2-4-9-29)22-30(39)37-15-12-28(38)13-16-37/h2-9,14,17-21,28,38H,12-13,15-16,22H2,1H3,(H,35,41). The Kier molecular flexibility index (Phi) is 9.33. The van der Waals surface area contributed by atoms with Gasteiger partial charge in [0.05, 0.1) is 27.7 Å². The van der Waals surface area contributed by atoms with E-state index in [0.717, 1.165) is 5.56 Å². The SMILES string of the molecule is Cc1ccoc1C(=O)Nc1cccc(C#Cc2cncc(C(=O)N=S(=O)(CC(=O)N3CCC(O)CC3)c3ccccc3)c2)c1. The van der Waals surface area contributed by atoms with E-state index >= 15 is 0 Å². The molecule has 1 aliphatic heterocycles. The molecule has 3 amide bonds. The second kappa shape index (κ2) is 13.5. The summed E-state index contributed by atoms with van der Waals surface area (Å²) in [4.78, 5) is 44.8. The van der Waals surface area contributed by atoms with E-state index in [4.69, 9.17) is 4.42 Å². The van der Waals surface area contributed by atoms with Gasteiger partial charge in [0.2, 0.25) is 5.91 Å². The van der Waals surface area contributed by atoms with E-state index in [2.05, 4.69) is 26.5 Å². The Balaban J connectivity index is 1.36. The smallest absolute Gasteiger partial charge is 0.291 e. The number of hydrogen-bond acceptors (Lipinski definition) is 7. The van der Waals surface area contributed by atoms with E-state index in [0.29, 0.717) is 42.7 Å². The number of pyridine rings is 1. The Morgan fingerprint density at radius 3 is 2.50 bits per heavy atom. The molecule has 4 aromatic rings. The van der Waals surface area contributed by atoms with Gasteiger partial charge < -0.3 is 19.7 Å². The topological polar surface area (TPSA) is 142 Å². The van der Waals surface area contributed by atoms with Crippen LogP contribution in [0.25, 0.3) is 0 Å². The normalized spacial score (nSPS) is 14.5. The van der Waals surface area contributed by atoms with Crippen LogP contribution in [0.4, 0.5) is 5.69 Å². The number of nitrogens with zero attached hydrogens (tertiary/aromatic N) is 3. The fourth-order valence-electron chi connectivity index (χ4n) is 4.60. The van der Waals surface area contributed by atoms with Gasteiger partial charge in [-0.25, -0.2) is 4.21 Å². The van der Waals surface area contributed by atoms with Crippen LogP contribution < -0.4 is 5.32 Å². The third-order valence-corrected chi connectivity index (χ3v) is 9.11. The molecule has 0 saturated carbocycles. The summed E-state index contributed by atoms with van der Waals surface area (Å²) in [5.74, 6) is 4.17. The van der Waals surface area contributed by atoms with Crippen LogP contribution in [0.5, 0.6) is 0 Å². The van der Waals surface area contributed by atoms with E-state index in [1.807, 2.05) is 0 Å². The van der Waals surface area contributed by atoms with Crippen LogP contribution in [0.2, 0.25) is 0 Å². The van der Waals surface area contributed by atoms with Crippen molar-refractivity contribution >= 4 is 33.1 Å². The number of likely N-dealkylation sites (tertiary alicyclic amines) is 1. The van der Waals surface area contributed by atoms with Gasteiger partial charge >= 0.3 is 0 Å². The first-order valence-electron chi connectivity index (χ1n) is 13.9. The number of amides is 3. The number of furan rings is 1. The van der Waals surface area contributed by atoms with E-state index in [9.17, 15) is 23.7 Å². The third-order valence-electron chi connectivity index (χ3n) is 7.00. The van der Waals surface area contributed by atoms with Gasteiger partial charge in [-0.05, 0) is 62.2 Å². The summed E-state index contributed by atoms with van der Waals surface area (Å²) in [6.45, 7) is 2.48. The Bertz CT molecular complexity index is 1870. The molecular weight excluding hydrogens is 580 g/mol. The van der Waals surface area contributed by atoms with Crippen LogP contribution in [-0.2, 0) is 14.5 Å². The summed E-state index contributed by atoms with van der Waals surface area (Å²) >= 11 is 0. The molecule has 2 aromatic heterocycles. The third kappa shape index (κ3) is 7.47. The maximum atomic E-state index is 14.1. The fourth-order valence-corrected chi connectivity index (χ4v) is 6.41. The molecule has 5 rings (SSSR count). The Morgan fingerprint density at radius 1 is 1.02 bits per heavy atom. The van der Waals surface area contributed by atoms with E-state index in [-0.39, 0.29) is 22.1 Å². The summed E-state index contributed by atoms with van der Waals surface area (Å²) in [6.07, 6.45) is 4.66. The number of carbonyl (C=O) groups excluding carboxylic acids is 3. The molecule has 1 saturated heterocycles. The lowest BCUT2D eigenvalue weighted by Gasteiger charge is -2.30. The fraction of sp³-hybridized carbons (Fsp3) is 0.212. The zero-order valence-corrected chi connectivity index (χ0v) is 24.8. The molecule has 0 radical (unpaired) electrons. The van der Waals surface area contributed by atoms with Gasteiger partial charge in [-0.1, -0.05) is 36.1 Å². The minimum Gasteiger partial charge on any atom is -0.459 e. The highest BCUT2D eigenvalue weighted by Crippen LogP contribution is 2.19. The average molecular weight is 611 g/mol. The van der Waals surface area contributed by atoms with Crippen LogP contribution >= 0.6 is 0 Å². The predicted molar refractivity (Wildman–Crippen MR) is 164 cm³/mol. The molecule has 1 unspecified atom stereocenters. The molecule has 3 heterocycles. The molecule has 0 bridgehead atoms. The maximum Gasteiger partial charge on any atom is 0.291 e. The minimum atomic E-state index is -3.46. The lowest BCUT2D eigenvalue weighted by Crippen LogP contribution is -2.42. The number of carbonyl (C=O) groups is 3. The maximum absolute atomic E-state index is 14.1. The summed E-state index contributed by atoms with van der Waals surface area (Å²) in [6, 6.07) is 18.4. The molecule has 0 spiro atoms. The quantitative estimate of drug-likeness (QED) is 0.310. The zero-order chi connectivity index (χ0) is 31.1. The van der Waals surface area contributed by atoms with Crippen molar-refractivity contribution < 1.29 is 28.1 Å². The molecular formula is C33H30N4O6S. The lowest BCUT2D eigenvalue weighted by molar-refractivity contribution is -0.130. The lowest BCUT2D eigenvalue weighted by atomic mass is 10.1. The molecule has 1 fully saturated rings. The Labute approximate surface area is 255 Å². The van der Waals surface area contributed by atoms with Gasteiger partial charge in [0.15, 0.2) is 5.76 Å². The largest absolute Gasteiger partial charge is 0.459 e. The highest BCUT2D eigenvalue weighted by Gasteiger charge is 2.27. The number of aliphatic hydroxyl groups is 1. The molecule has 2 N–H and O–H groups in total. The van der Waals surface area contributed by atoms with Crippen molar-refractivity contribution in [2.24, 2.45) is 4.36 Å². The number of anilines is 1. The molecule has 11 heteroatoms. The number of aryl methyl sites for hydroxylation is 1. The Hall–Kier alpha value is -5.05. The van der Waals surface area contributed by atoms with E-state index in [1.165, 1.54) is 24.7 Å². The summed E-state index contributed by atoms with van der Waals surface area (Å²) in [7, 11) is -3.46. The highest BCUT2D eigenvalue weighted by molar-refractivity contribution is 7.94. The number of hydrogen-bond donors (Lipinski definition) is 2. The van der Waals surface area contributed by atoms with Crippen LogP contribution in [0.15, 0.2) is 99.1 Å². The van der Waals surface area contributed by atoms with Crippen molar-refractivity contribution in [2.75, 3.05) is 24.2 Å². The highest BCUT2D eigenvalue weighted by atomic mass is 32.2. The molecule has 1 aliphatic rings. The predicted octanol–water partition coefficient (Wildman–Crippen LogP) is 4.29. The van der Waals surface area contributed by atoms with Gasteiger partial charge in [0.25, 0.3) is 11.8 Å². The zero-order valence-electron chi connectivity index (χ0n) is 23.9. The second-order valence-electron chi connectivity index (χ2n) is 10.3. The van der Waals surface area contributed by atoms with Gasteiger partial charge in [-0.15, -0.1) is 0 Å². The van der Waals surface area contributed by atoms with E-state index in [1.54, 1.807) is 72.5 Å². The molecule has 0 aliphatic carbocycles. The van der Waals surface area contributed by atoms with Gasteiger partial charge in [-0.3, -0.25) is 19.4 Å². The number of aliphatic hydroxyl groups excluding tert-OH is 1. The summed E-state index contributed by atoms with van der Waals surface area (Å²) < 4.78 is 23.4. The van der Waals surface area contributed by atoms with Crippen molar-refractivity contribution in [3.63, 3.8) is 0 Å². The molecule has 224 valence electrons. The first-order chi connectivity index (χ1) is 21.2. The summed E-state index contributed by atoms with van der Waals surface area (Å²) in [5, 5.41) is 12.6.